The number of nitrogens with zero attached hydrogens (tertiary/aromatic N) is 2. The number of ether oxygens (including phenoxy) is 1. The number of alkyl halides is 3. The lowest BCUT2D eigenvalue weighted by Crippen LogP contribution is -2.43. The number of nitrogens with one attached hydrogen (secondary N) is 1. The van der Waals surface area contributed by atoms with Gasteiger partial charge >= 0.3 is 12.1 Å². The maximum absolute atomic E-state index is 12.4. The molecular formula is C15H14F3N3O5. The second kappa shape index (κ2) is 7.85. The molecule has 8 nitrogen and oxygen atoms in total. The quantitative estimate of drug-likeness (QED) is 0.764. The van der Waals surface area contributed by atoms with E-state index in [1.165, 1.54) is 24.3 Å². The van der Waals surface area contributed by atoms with E-state index < -0.39 is 30.5 Å². The number of rotatable bonds is 7. The third-order valence-electron chi connectivity index (χ3n) is 3.10. The molecule has 2 N–H and O–H groups in total. The van der Waals surface area contributed by atoms with Crippen molar-refractivity contribution in [2.45, 2.75) is 32.2 Å². The van der Waals surface area contributed by atoms with Crippen molar-refractivity contribution < 1.29 is 37.1 Å². The Labute approximate surface area is 145 Å². The third-order valence-corrected chi connectivity index (χ3v) is 3.10. The van der Waals surface area contributed by atoms with Crippen LogP contribution in [0.4, 0.5) is 13.2 Å². The van der Waals surface area contributed by atoms with E-state index in [2.05, 4.69) is 10.1 Å². The average Bonchev–Trinajstić information content (AvgIpc) is 2.96. The highest BCUT2D eigenvalue weighted by Gasteiger charge is 2.36. The largest absolute Gasteiger partial charge is 0.485 e. The maximum Gasteiger partial charge on any atom is 0.391 e. The fraction of sp³-hybridized carbons (Fsp3) is 0.333. The Bertz CT molecular complexity index is 791. The van der Waals surface area contributed by atoms with Gasteiger partial charge in [0.05, 0.1) is 12.0 Å². The molecule has 1 aromatic carbocycles. The fourth-order valence-corrected chi connectivity index (χ4v) is 1.99. The number of halogens is 3. The number of carboxylic acid groups (broad SMARTS) is 1. The van der Waals surface area contributed by atoms with Crippen LogP contribution in [0.5, 0.6) is 5.75 Å². The molecule has 0 aliphatic rings. The number of aryl methyl sites for hydroxylation is 1. The molecule has 0 aliphatic heterocycles. The van der Waals surface area contributed by atoms with Crippen LogP contribution in [0, 0.1) is 6.92 Å². The van der Waals surface area contributed by atoms with Crippen molar-refractivity contribution in [1.82, 2.24) is 15.5 Å². The fourth-order valence-electron chi connectivity index (χ4n) is 1.99. The van der Waals surface area contributed by atoms with Crippen LogP contribution in [0.1, 0.15) is 28.5 Å². The predicted molar refractivity (Wildman–Crippen MR) is 79.4 cm³/mol. The zero-order valence-electron chi connectivity index (χ0n) is 13.4. The van der Waals surface area contributed by atoms with E-state index in [0.29, 0.717) is 5.89 Å². The van der Waals surface area contributed by atoms with Gasteiger partial charge in [0, 0.05) is 6.92 Å². The summed E-state index contributed by atoms with van der Waals surface area (Å²) in [5.41, 5.74) is -0.124. The molecule has 11 heteroatoms. The molecule has 1 unspecified atom stereocenters. The Kier molecular flexibility index (Phi) is 5.80. The molecule has 0 saturated carbocycles. The van der Waals surface area contributed by atoms with Crippen molar-refractivity contribution in [3.8, 4) is 5.75 Å². The molecule has 1 aromatic heterocycles. The molecule has 1 atom stereocenters. The van der Waals surface area contributed by atoms with Gasteiger partial charge in [-0.15, -0.1) is 0 Å². The third kappa shape index (κ3) is 5.46. The summed E-state index contributed by atoms with van der Waals surface area (Å²) < 4.78 is 47.5. The van der Waals surface area contributed by atoms with Gasteiger partial charge in [-0.3, -0.25) is 4.79 Å². The van der Waals surface area contributed by atoms with Gasteiger partial charge in [-0.25, -0.2) is 4.79 Å². The molecule has 26 heavy (non-hydrogen) atoms. The Morgan fingerprint density at radius 1 is 1.35 bits per heavy atom. The zero-order chi connectivity index (χ0) is 19.3. The van der Waals surface area contributed by atoms with Gasteiger partial charge in [0.15, 0.2) is 6.61 Å². The molecule has 0 saturated heterocycles. The molecule has 0 bridgehead atoms. The van der Waals surface area contributed by atoms with Crippen LogP contribution in [0.3, 0.4) is 0 Å². The topological polar surface area (TPSA) is 115 Å². The minimum absolute atomic E-state index is 0.0311. The Morgan fingerprint density at radius 2 is 2.04 bits per heavy atom. The molecule has 0 aliphatic carbocycles. The lowest BCUT2D eigenvalue weighted by molar-refractivity contribution is -0.157. The summed E-state index contributed by atoms with van der Waals surface area (Å²) in [6.45, 7) is 1.43. The second-order valence-electron chi connectivity index (χ2n) is 5.20. The van der Waals surface area contributed by atoms with Crippen LogP contribution in [0.2, 0.25) is 0 Å². The predicted octanol–water partition coefficient (Wildman–Crippen LogP) is 2.09. The number of aromatic nitrogens is 2. The summed E-state index contributed by atoms with van der Waals surface area (Å²) in [6, 6.07) is 3.58. The molecule has 140 valence electrons. The van der Waals surface area contributed by atoms with Gasteiger partial charge in [-0.05, 0) is 12.1 Å². The van der Waals surface area contributed by atoms with E-state index in [9.17, 15) is 22.8 Å². The first-order valence-electron chi connectivity index (χ1n) is 7.27. The lowest BCUT2D eigenvalue weighted by atomic mass is 10.1. The molecule has 0 radical (unpaired) electrons. The number of para-hydroxylation sites is 1. The smallest absolute Gasteiger partial charge is 0.391 e. The molecule has 2 aromatic rings. The van der Waals surface area contributed by atoms with Gasteiger partial charge in [0.25, 0.3) is 5.91 Å². The van der Waals surface area contributed by atoms with E-state index in [4.69, 9.17) is 14.4 Å². The van der Waals surface area contributed by atoms with E-state index in [1.807, 2.05) is 5.32 Å². The SMILES string of the molecule is Cc1nc(COc2ccccc2C(=O)NC(CC(F)(F)F)C(=O)O)no1. The number of carbonyl (C=O) groups excluding carboxylic acids is 1. The van der Waals surface area contributed by atoms with Gasteiger partial charge in [0.2, 0.25) is 11.7 Å². The van der Waals surface area contributed by atoms with Crippen molar-refractivity contribution >= 4 is 11.9 Å². The van der Waals surface area contributed by atoms with Gasteiger partial charge in [0.1, 0.15) is 11.8 Å². The summed E-state index contributed by atoms with van der Waals surface area (Å²) in [5, 5.41) is 14.3. The molecule has 0 spiro atoms. The zero-order valence-corrected chi connectivity index (χ0v) is 13.4. The average molecular weight is 373 g/mol. The van der Waals surface area contributed by atoms with Crippen molar-refractivity contribution in [3.63, 3.8) is 0 Å². The monoisotopic (exact) mass is 373 g/mol. The van der Waals surface area contributed by atoms with Crippen LogP contribution >= 0.6 is 0 Å². The molecule has 2 rings (SSSR count). The Morgan fingerprint density at radius 3 is 2.62 bits per heavy atom. The Balaban J connectivity index is 2.11. The van der Waals surface area contributed by atoms with E-state index >= 15 is 0 Å². The normalized spacial score (nSPS) is 12.5. The van der Waals surface area contributed by atoms with E-state index in [0.717, 1.165) is 0 Å². The maximum atomic E-state index is 12.4. The van der Waals surface area contributed by atoms with Crippen molar-refractivity contribution in [2.24, 2.45) is 0 Å². The van der Waals surface area contributed by atoms with Crippen LogP contribution < -0.4 is 10.1 Å². The molecular weight excluding hydrogens is 359 g/mol. The molecule has 1 heterocycles. The number of hydrogen-bond acceptors (Lipinski definition) is 6. The first-order chi connectivity index (χ1) is 12.2. The summed E-state index contributed by atoms with van der Waals surface area (Å²) in [6.07, 6.45) is -6.44. The second-order valence-corrected chi connectivity index (χ2v) is 5.20. The van der Waals surface area contributed by atoms with Gasteiger partial charge < -0.3 is 19.7 Å². The number of aliphatic carboxylic acids is 1. The van der Waals surface area contributed by atoms with Crippen LogP contribution in [-0.2, 0) is 11.4 Å². The Hall–Kier alpha value is -3.11. The van der Waals surface area contributed by atoms with Crippen molar-refractivity contribution in [3.05, 3.63) is 41.5 Å². The summed E-state index contributed by atoms with van der Waals surface area (Å²) in [5.74, 6) is -2.26. The number of hydrogen-bond donors (Lipinski definition) is 2. The molecule has 0 fully saturated rings. The van der Waals surface area contributed by atoms with E-state index in [-0.39, 0.29) is 23.7 Å². The number of amides is 1. The lowest BCUT2D eigenvalue weighted by Gasteiger charge is -2.17. The first kappa shape index (κ1) is 19.2. The van der Waals surface area contributed by atoms with Crippen LogP contribution in [-0.4, -0.2) is 39.3 Å². The highest BCUT2D eigenvalue weighted by Crippen LogP contribution is 2.23. The summed E-state index contributed by atoms with van der Waals surface area (Å²) in [7, 11) is 0. The number of carboxylic acids is 1. The first-order valence-corrected chi connectivity index (χ1v) is 7.27. The highest BCUT2D eigenvalue weighted by molar-refractivity contribution is 5.98. The minimum Gasteiger partial charge on any atom is -0.485 e. The summed E-state index contributed by atoms with van der Waals surface area (Å²) >= 11 is 0. The summed E-state index contributed by atoms with van der Waals surface area (Å²) in [4.78, 5) is 27.1. The molecule has 1 amide bonds. The standard InChI is InChI=1S/C15H14F3N3O5/c1-8-19-12(21-26-8)7-25-11-5-3-2-4-9(11)13(22)20-10(14(23)24)6-15(16,17)18/h2-5,10H,6-7H2,1H3,(H,20,22)(H,23,24). The van der Waals surface area contributed by atoms with Crippen LogP contribution in [0.15, 0.2) is 28.8 Å². The van der Waals surface area contributed by atoms with Gasteiger partial charge in [-0.2, -0.15) is 18.2 Å². The van der Waals surface area contributed by atoms with E-state index in [1.54, 1.807) is 6.92 Å². The number of benzene rings is 1. The highest BCUT2D eigenvalue weighted by atomic mass is 19.4. The van der Waals surface area contributed by atoms with Crippen molar-refractivity contribution in [1.29, 1.82) is 0 Å². The number of carbonyl (C=O) groups is 2. The van der Waals surface area contributed by atoms with Crippen molar-refractivity contribution in [2.75, 3.05) is 0 Å². The van der Waals surface area contributed by atoms with Crippen LogP contribution in [0.25, 0.3) is 0 Å². The van der Waals surface area contributed by atoms with Gasteiger partial charge in [-0.1, -0.05) is 17.3 Å². The minimum atomic E-state index is -4.75.